The van der Waals surface area contributed by atoms with Gasteiger partial charge in [0.1, 0.15) is 11.9 Å². The first-order valence-electron chi connectivity index (χ1n) is 7.50. The van der Waals surface area contributed by atoms with E-state index in [9.17, 15) is 9.18 Å². The summed E-state index contributed by atoms with van der Waals surface area (Å²) in [6.45, 7) is 3.01. The van der Waals surface area contributed by atoms with Crippen LogP contribution in [0.25, 0.3) is 0 Å². The lowest BCUT2D eigenvalue weighted by Gasteiger charge is -2.41. The van der Waals surface area contributed by atoms with E-state index < -0.39 is 0 Å². The van der Waals surface area contributed by atoms with Crippen LogP contribution in [-0.4, -0.2) is 41.0 Å². The molecule has 2 aromatic rings. The first kappa shape index (κ1) is 15.4. The van der Waals surface area contributed by atoms with Crippen LogP contribution in [-0.2, 0) is 4.79 Å². The standard InChI is InChI=1S/C17H18FN3O2/c1-12(17(22)20-16-8-4-5-9-19-16)21-10-13(11-21)23-15-7-3-2-6-14(15)18/h2-9,12-13H,10-11H2,1H3,(H,19,20,22). The quantitative estimate of drug-likeness (QED) is 0.920. The van der Waals surface area contributed by atoms with Crippen molar-refractivity contribution in [3.63, 3.8) is 0 Å². The summed E-state index contributed by atoms with van der Waals surface area (Å²) < 4.78 is 19.1. The van der Waals surface area contributed by atoms with Crippen molar-refractivity contribution < 1.29 is 13.9 Å². The van der Waals surface area contributed by atoms with Crippen LogP contribution < -0.4 is 10.1 Å². The van der Waals surface area contributed by atoms with Gasteiger partial charge >= 0.3 is 0 Å². The van der Waals surface area contributed by atoms with Gasteiger partial charge in [-0.2, -0.15) is 0 Å². The SMILES string of the molecule is CC(C(=O)Nc1ccccn1)N1CC(Oc2ccccc2F)C1. The summed E-state index contributed by atoms with van der Waals surface area (Å²) in [5.74, 6) is 0.298. The van der Waals surface area contributed by atoms with Crippen molar-refractivity contribution >= 4 is 11.7 Å². The fraction of sp³-hybridized carbons (Fsp3) is 0.294. The number of nitrogens with one attached hydrogen (secondary N) is 1. The normalized spacial score (nSPS) is 16.4. The van der Waals surface area contributed by atoms with Gasteiger partial charge in [-0.25, -0.2) is 9.37 Å². The lowest BCUT2D eigenvalue weighted by Crippen LogP contribution is -2.59. The van der Waals surface area contributed by atoms with Crippen molar-refractivity contribution in [1.82, 2.24) is 9.88 Å². The molecule has 1 unspecified atom stereocenters. The molecule has 1 amide bonds. The zero-order chi connectivity index (χ0) is 16.2. The molecule has 5 nitrogen and oxygen atoms in total. The molecule has 1 aliphatic rings. The smallest absolute Gasteiger partial charge is 0.242 e. The molecule has 1 N–H and O–H groups in total. The topological polar surface area (TPSA) is 54.5 Å². The van der Waals surface area contributed by atoms with Crippen LogP contribution in [0.15, 0.2) is 48.7 Å². The molecule has 120 valence electrons. The molecule has 3 rings (SSSR count). The van der Waals surface area contributed by atoms with Gasteiger partial charge in [-0.1, -0.05) is 18.2 Å². The van der Waals surface area contributed by atoms with E-state index in [1.807, 2.05) is 17.9 Å². The van der Waals surface area contributed by atoms with Crippen molar-refractivity contribution in [2.45, 2.75) is 19.1 Å². The molecule has 23 heavy (non-hydrogen) atoms. The third kappa shape index (κ3) is 3.65. The van der Waals surface area contributed by atoms with Gasteiger partial charge in [-0.15, -0.1) is 0 Å². The molecule has 0 radical (unpaired) electrons. The summed E-state index contributed by atoms with van der Waals surface area (Å²) in [7, 11) is 0. The number of likely N-dealkylation sites (tertiary alicyclic amines) is 1. The number of aromatic nitrogens is 1. The first-order chi connectivity index (χ1) is 11.1. The number of ether oxygens (including phenoxy) is 1. The Morgan fingerprint density at radius 2 is 2.04 bits per heavy atom. The predicted octanol–water partition coefficient (Wildman–Crippen LogP) is 2.31. The summed E-state index contributed by atoms with van der Waals surface area (Å²) >= 11 is 0. The van der Waals surface area contributed by atoms with Gasteiger partial charge in [0.05, 0.1) is 6.04 Å². The predicted molar refractivity (Wildman–Crippen MR) is 84.7 cm³/mol. The van der Waals surface area contributed by atoms with Gasteiger partial charge in [0.25, 0.3) is 0 Å². The van der Waals surface area contributed by atoms with Gasteiger partial charge < -0.3 is 10.1 Å². The second kappa shape index (κ2) is 6.75. The number of benzene rings is 1. The van der Waals surface area contributed by atoms with E-state index in [-0.39, 0.29) is 29.6 Å². The number of hydrogen-bond acceptors (Lipinski definition) is 4. The largest absolute Gasteiger partial charge is 0.485 e. The van der Waals surface area contributed by atoms with Gasteiger partial charge in [0.15, 0.2) is 11.6 Å². The van der Waals surface area contributed by atoms with Crippen molar-refractivity contribution in [2.24, 2.45) is 0 Å². The molecule has 1 aromatic carbocycles. The van der Waals surface area contributed by atoms with Crippen LogP contribution >= 0.6 is 0 Å². The molecular formula is C17H18FN3O2. The molecular weight excluding hydrogens is 297 g/mol. The molecule has 1 aromatic heterocycles. The molecule has 0 bridgehead atoms. The lowest BCUT2D eigenvalue weighted by molar-refractivity contribution is -0.124. The minimum Gasteiger partial charge on any atom is -0.485 e. The Labute approximate surface area is 134 Å². The van der Waals surface area contributed by atoms with Gasteiger partial charge in [0, 0.05) is 19.3 Å². The Morgan fingerprint density at radius 1 is 1.30 bits per heavy atom. The Morgan fingerprint density at radius 3 is 2.74 bits per heavy atom. The minimum atomic E-state index is -0.369. The minimum absolute atomic E-state index is 0.1000. The number of para-hydroxylation sites is 1. The number of carbonyl (C=O) groups excluding carboxylic acids is 1. The van der Waals surface area contributed by atoms with Gasteiger partial charge in [-0.05, 0) is 31.2 Å². The zero-order valence-electron chi connectivity index (χ0n) is 12.8. The fourth-order valence-electron chi connectivity index (χ4n) is 2.41. The average molecular weight is 315 g/mol. The Balaban J connectivity index is 1.49. The van der Waals surface area contributed by atoms with Crippen molar-refractivity contribution in [3.8, 4) is 5.75 Å². The summed E-state index contributed by atoms with van der Waals surface area (Å²) in [4.78, 5) is 18.2. The number of carbonyl (C=O) groups is 1. The lowest BCUT2D eigenvalue weighted by atomic mass is 10.1. The second-order valence-corrected chi connectivity index (χ2v) is 5.50. The number of nitrogens with zero attached hydrogens (tertiary/aromatic N) is 2. The van der Waals surface area contributed by atoms with E-state index >= 15 is 0 Å². The Kier molecular flexibility index (Phi) is 4.52. The van der Waals surface area contributed by atoms with E-state index in [4.69, 9.17) is 4.74 Å². The van der Waals surface area contributed by atoms with Gasteiger partial charge in [-0.3, -0.25) is 9.69 Å². The molecule has 1 aliphatic heterocycles. The van der Waals surface area contributed by atoms with Crippen LogP contribution in [0.3, 0.4) is 0 Å². The summed E-state index contributed by atoms with van der Waals surface area (Å²) in [6.07, 6.45) is 1.53. The number of anilines is 1. The highest BCUT2D eigenvalue weighted by molar-refractivity contribution is 5.93. The van der Waals surface area contributed by atoms with E-state index in [0.717, 1.165) is 0 Å². The molecule has 1 fully saturated rings. The van der Waals surface area contributed by atoms with E-state index in [1.165, 1.54) is 6.07 Å². The molecule has 1 saturated heterocycles. The first-order valence-corrected chi connectivity index (χ1v) is 7.50. The fourth-order valence-corrected chi connectivity index (χ4v) is 2.41. The summed E-state index contributed by atoms with van der Waals surface area (Å²) in [6, 6.07) is 11.4. The third-order valence-electron chi connectivity index (χ3n) is 3.85. The van der Waals surface area contributed by atoms with E-state index in [1.54, 1.807) is 36.5 Å². The number of pyridine rings is 1. The molecule has 0 saturated carbocycles. The molecule has 0 spiro atoms. The third-order valence-corrected chi connectivity index (χ3v) is 3.85. The number of amides is 1. The highest BCUT2D eigenvalue weighted by Gasteiger charge is 2.35. The molecule has 0 aliphatic carbocycles. The summed E-state index contributed by atoms with van der Waals surface area (Å²) in [5.41, 5.74) is 0. The second-order valence-electron chi connectivity index (χ2n) is 5.50. The highest BCUT2D eigenvalue weighted by atomic mass is 19.1. The number of halogens is 1. The van der Waals surface area contributed by atoms with E-state index in [2.05, 4.69) is 10.3 Å². The van der Waals surface area contributed by atoms with Crippen molar-refractivity contribution in [2.75, 3.05) is 18.4 Å². The van der Waals surface area contributed by atoms with Gasteiger partial charge in [0.2, 0.25) is 5.91 Å². The number of rotatable bonds is 5. The maximum absolute atomic E-state index is 13.5. The number of hydrogen-bond donors (Lipinski definition) is 1. The Bertz CT molecular complexity index is 675. The summed E-state index contributed by atoms with van der Waals surface area (Å²) in [5, 5.41) is 2.77. The van der Waals surface area contributed by atoms with Crippen LogP contribution in [0, 0.1) is 5.82 Å². The average Bonchev–Trinajstić information content (AvgIpc) is 2.52. The monoisotopic (exact) mass is 315 g/mol. The Hall–Kier alpha value is -2.47. The zero-order valence-corrected chi connectivity index (χ0v) is 12.8. The molecule has 6 heteroatoms. The van der Waals surface area contributed by atoms with Crippen LogP contribution in [0.4, 0.5) is 10.2 Å². The maximum Gasteiger partial charge on any atom is 0.242 e. The van der Waals surface area contributed by atoms with Crippen LogP contribution in [0.1, 0.15) is 6.92 Å². The van der Waals surface area contributed by atoms with Crippen LogP contribution in [0.2, 0.25) is 0 Å². The molecule has 2 heterocycles. The molecule has 1 atom stereocenters. The maximum atomic E-state index is 13.5. The van der Waals surface area contributed by atoms with Crippen LogP contribution in [0.5, 0.6) is 5.75 Å². The highest BCUT2D eigenvalue weighted by Crippen LogP contribution is 2.22. The van der Waals surface area contributed by atoms with Crippen molar-refractivity contribution in [1.29, 1.82) is 0 Å². The van der Waals surface area contributed by atoms with Crippen molar-refractivity contribution in [3.05, 3.63) is 54.5 Å². The van der Waals surface area contributed by atoms with E-state index in [0.29, 0.717) is 18.9 Å².